The number of carbonyl (C=O) groups is 1. The molecule has 4 aliphatic rings. The highest BCUT2D eigenvalue weighted by atomic mass is 32.2. The zero-order valence-corrected chi connectivity index (χ0v) is 30.8. The minimum Gasteiger partial charge on any atom is -0.465 e. The molecule has 0 spiro atoms. The first-order chi connectivity index (χ1) is 24.6. The number of aliphatic hydroxyl groups is 1. The largest absolute Gasteiger partial charge is 0.465 e. The first-order valence-electron chi connectivity index (χ1n) is 18.9. The van der Waals surface area contributed by atoms with Gasteiger partial charge >= 0.3 is 5.97 Å². The summed E-state index contributed by atoms with van der Waals surface area (Å²) in [7, 11) is -4.18. The van der Waals surface area contributed by atoms with Gasteiger partial charge in [-0.3, -0.25) is 4.79 Å². The third-order valence-electron chi connectivity index (χ3n) is 10.3. The summed E-state index contributed by atoms with van der Waals surface area (Å²) in [6.07, 6.45) is 5.83. The molecule has 0 aromatic heterocycles. The van der Waals surface area contributed by atoms with Crippen LogP contribution in [0.4, 0.5) is 0 Å². The maximum atomic E-state index is 14.6. The summed E-state index contributed by atoms with van der Waals surface area (Å²) in [6.45, 7) is 5.74. The summed E-state index contributed by atoms with van der Waals surface area (Å²) in [6, 6.07) is 14.3. The molecule has 4 unspecified atom stereocenters. The van der Waals surface area contributed by atoms with Crippen molar-refractivity contribution in [3.8, 4) is 11.5 Å². The number of rotatable bonds is 16. The van der Waals surface area contributed by atoms with E-state index in [1.165, 1.54) is 16.4 Å². The highest BCUT2D eigenvalue weighted by molar-refractivity contribution is 7.89. The smallest absolute Gasteiger partial charge is 0.306 e. The summed E-state index contributed by atoms with van der Waals surface area (Å²) >= 11 is 0. The van der Waals surface area contributed by atoms with Gasteiger partial charge in [0.2, 0.25) is 10.0 Å². The Morgan fingerprint density at radius 2 is 1.53 bits per heavy atom. The van der Waals surface area contributed by atoms with Crippen LogP contribution in [-0.4, -0.2) is 87.6 Å². The first kappa shape index (κ1) is 38.0. The van der Waals surface area contributed by atoms with Crippen molar-refractivity contribution >= 4 is 16.0 Å². The van der Waals surface area contributed by atoms with Gasteiger partial charge in [0.05, 0.1) is 36.7 Å². The minimum atomic E-state index is -4.18. The van der Waals surface area contributed by atoms with E-state index in [4.69, 9.17) is 28.4 Å². The number of sulfonamides is 1. The summed E-state index contributed by atoms with van der Waals surface area (Å²) in [4.78, 5) is 13.3. The Balaban J connectivity index is 1.22. The van der Waals surface area contributed by atoms with Gasteiger partial charge in [-0.15, -0.1) is 0 Å². The molecule has 0 amide bonds. The van der Waals surface area contributed by atoms with Crippen LogP contribution in [0, 0.1) is 17.8 Å². The average Bonchev–Trinajstić information content (AvgIpc) is 3.71. The normalized spacial score (nSPS) is 26.5. The lowest BCUT2D eigenvalue weighted by molar-refractivity contribution is -0.151. The van der Waals surface area contributed by atoms with Gasteiger partial charge < -0.3 is 33.5 Å². The maximum absolute atomic E-state index is 14.6. The second-order valence-corrected chi connectivity index (χ2v) is 16.9. The molecule has 282 valence electrons. The van der Waals surface area contributed by atoms with Crippen LogP contribution in [0.25, 0.3) is 0 Å². The molecular formula is C39H55NO10S. The molecule has 3 saturated heterocycles. The number of ether oxygens (including phenoxy) is 6. The molecule has 1 N–H and O–H groups in total. The number of aliphatic hydroxyl groups excluding tert-OH is 1. The lowest BCUT2D eigenvalue weighted by Gasteiger charge is -2.31. The Hall–Kier alpha value is -2.74. The molecule has 1 aliphatic carbocycles. The molecule has 1 saturated carbocycles. The molecule has 11 nitrogen and oxygen atoms in total. The minimum absolute atomic E-state index is 0.0116. The highest BCUT2D eigenvalue weighted by Gasteiger charge is 2.41. The quantitative estimate of drug-likeness (QED) is 0.210. The van der Waals surface area contributed by atoms with Crippen molar-refractivity contribution in [3.63, 3.8) is 0 Å². The molecule has 51 heavy (non-hydrogen) atoms. The topological polar surface area (TPSA) is 130 Å². The molecule has 6 rings (SSSR count). The van der Waals surface area contributed by atoms with Gasteiger partial charge in [-0.05, 0) is 62.3 Å². The third-order valence-corrected chi connectivity index (χ3v) is 12.1. The van der Waals surface area contributed by atoms with Crippen LogP contribution in [0.15, 0.2) is 53.4 Å². The Morgan fingerprint density at radius 1 is 0.863 bits per heavy atom. The predicted octanol–water partition coefficient (Wildman–Crippen LogP) is 5.86. The van der Waals surface area contributed by atoms with Gasteiger partial charge in [0, 0.05) is 63.1 Å². The number of hydrogen-bond donors (Lipinski definition) is 1. The number of hydrogen-bond acceptors (Lipinski definition) is 10. The monoisotopic (exact) mass is 729 g/mol. The molecular weight excluding hydrogens is 674 g/mol. The van der Waals surface area contributed by atoms with Crippen molar-refractivity contribution < 1.29 is 46.7 Å². The fourth-order valence-electron chi connectivity index (χ4n) is 7.65. The Kier molecular flexibility index (Phi) is 13.3. The summed E-state index contributed by atoms with van der Waals surface area (Å²) in [5, 5.41) is 11.8. The SMILES string of the molecule is CC(C)CN(C[C@@H](O)[C@@H](CC(=O)OC1CC2CCO[C@@H]2C1)Cc1ccccc1)S(=O)(=O)c1cc(OC2CCCCO2)cc(OC2CCCCO2)c1. The van der Waals surface area contributed by atoms with Gasteiger partial charge in [0.1, 0.15) is 17.6 Å². The van der Waals surface area contributed by atoms with Gasteiger partial charge in [-0.25, -0.2) is 8.42 Å². The Morgan fingerprint density at radius 3 is 2.12 bits per heavy atom. The van der Waals surface area contributed by atoms with E-state index >= 15 is 0 Å². The Labute approximate surface area is 302 Å². The third kappa shape index (κ3) is 10.7. The van der Waals surface area contributed by atoms with Crippen LogP contribution in [0.2, 0.25) is 0 Å². The highest BCUT2D eigenvalue weighted by Crippen LogP contribution is 2.38. The second-order valence-electron chi connectivity index (χ2n) is 14.9. The van der Waals surface area contributed by atoms with Crippen molar-refractivity contribution in [2.24, 2.45) is 17.8 Å². The molecule has 3 aliphatic heterocycles. The average molecular weight is 730 g/mol. The molecule has 2 aromatic rings. The molecule has 2 aromatic carbocycles. The summed E-state index contributed by atoms with van der Waals surface area (Å²) < 4.78 is 66.0. The summed E-state index contributed by atoms with van der Waals surface area (Å²) in [5.41, 5.74) is 0.943. The molecule has 12 heteroatoms. The predicted molar refractivity (Wildman–Crippen MR) is 190 cm³/mol. The van der Waals surface area contributed by atoms with E-state index in [-0.39, 0.29) is 48.5 Å². The van der Waals surface area contributed by atoms with E-state index in [0.29, 0.717) is 56.3 Å². The lowest BCUT2D eigenvalue weighted by atomic mass is 9.90. The standard InChI is InChI=1S/C39H55NO10S/c1-27(2)25-40(26-35(41)30(18-28-10-4-3-5-11-28)20-37(42)48-31-19-29-14-17-45-36(29)24-31)51(43,44)34-22-32(49-38-12-6-8-15-46-38)21-33(23-34)50-39-13-7-9-16-47-39/h3-5,10-11,21-23,27,29-31,35-36,38-39,41H,6-9,12-20,24-26H2,1-2H3/t29?,30-,31?,35-,36-,38?,39?/m1/s1. The maximum Gasteiger partial charge on any atom is 0.306 e. The molecule has 7 atom stereocenters. The molecule has 0 radical (unpaired) electrons. The van der Waals surface area contributed by atoms with E-state index < -0.39 is 34.6 Å². The van der Waals surface area contributed by atoms with Crippen LogP contribution in [0.5, 0.6) is 11.5 Å². The van der Waals surface area contributed by atoms with Crippen LogP contribution in [0.3, 0.4) is 0 Å². The van der Waals surface area contributed by atoms with Crippen LogP contribution in [-0.2, 0) is 40.2 Å². The fraction of sp³-hybridized carbons (Fsp3) is 0.667. The van der Waals surface area contributed by atoms with E-state index in [0.717, 1.165) is 50.7 Å². The fourth-order valence-corrected chi connectivity index (χ4v) is 9.32. The van der Waals surface area contributed by atoms with Crippen LogP contribution in [0.1, 0.15) is 83.6 Å². The van der Waals surface area contributed by atoms with Gasteiger partial charge in [-0.2, -0.15) is 4.31 Å². The lowest BCUT2D eigenvalue weighted by Crippen LogP contribution is -2.43. The number of benzene rings is 2. The van der Waals surface area contributed by atoms with Gasteiger partial charge in [0.25, 0.3) is 0 Å². The van der Waals surface area contributed by atoms with Crippen LogP contribution < -0.4 is 9.47 Å². The van der Waals surface area contributed by atoms with Crippen molar-refractivity contribution in [1.82, 2.24) is 4.31 Å². The zero-order valence-electron chi connectivity index (χ0n) is 30.0. The van der Waals surface area contributed by atoms with E-state index in [1.54, 1.807) is 6.07 Å². The van der Waals surface area contributed by atoms with E-state index in [2.05, 4.69) is 0 Å². The van der Waals surface area contributed by atoms with Crippen molar-refractivity contribution in [2.75, 3.05) is 32.9 Å². The van der Waals surface area contributed by atoms with Crippen molar-refractivity contribution in [2.45, 2.75) is 120 Å². The van der Waals surface area contributed by atoms with Crippen molar-refractivity contribution in [1.29, 1.82) is 0 Å². The van der Waals surface area contributed by atoms with E-state index in [9.17, 15) is 18.3 Å². The molecule has 0 bridgehead atoms. The second kappa shape index (κ2) is 17.9. The summed E-state index contributed by atoms with van der Waals surface area (Å²) in [5.74, 6) is 0.0514. The van der Waals surface area contributed by atoms with Crippen molar-refractivity contribution in [3.05, 3.63) is 54.1 Å². The number of nitrogens with zero attached hydrogens (tertiary/aromatic N) is 1. The number of carbonyl (C=O) groups excluding carboxylic acids is 1. The number of esters is 1. The van der Waals surface area contributed by atoms with Gasteiger partial charge in [0.15, 0.2) is 12.6 Å². The zero-order chi connectivity index (χ0) is 35.8. The Bertz CT molecular complexity index is 1460. The first-order valence-corrected chi connectivity index (χ1v) is 20.3. The molecule has 4 fully saturated rings. The van der Waals surface area contributed by atoms with E-state index in [1.807, 2.05) is 44.2 Å². The molecule has 3 heterocycles. The van der Waals surface area contributed by atoms with Crippen LogP contribution >= 0.6 is 0 Å². The number of fused-ring (bicyclic) bond motifs is 1. The van der Waals surface area contributed by atoms with Gasteiger partial charge in [-0.1, -0.05) is 44.2 Å².